The molecule has 0 fully saturated rings. The molecule has 62 heavy (non-hydrogen) atoms. The van der Waals surface area contributed by atoms with Crippen LogP contribution >= 0.6 is 15.9 Å². The summed E-state index contributed by atoms with van der Waals surface area (Å²) >= 11 is 3.07. The lowest BCUT2D eigenvalue weighted by Crippen LogP contribution is -2.30. The van der Waals surface area contributed by atoms with Crippen LogP contribution in [0.5, 0.6) is 0 Å². The summed E-state index contributed by atoms with van der Waals surface area (Å²) in [6, 6.07) is 7.82. The van der Waals surface area contributed by atoms with Crippen molar-refractivity contribution >= 4 is 85.3 Å². The van der Waals surface area contributed by atoms with Crippen molar-refractivity contribution in [2.45, 2.75) is 67.6 Å². The van der Waals surface area contributed by atoms with Gasteiger partial charge in [-0.2, -0.15) is 38.2 Å². The van der Waals surface area contributed by atoms with Crippen molar-refractivity contribution in [3.63, 3.8) is 0 Å². The van der Waals surface area contributed by atoms with Crippen LogP contribution in [0.3, 0.4) is 0 Å². The Bertz CT molecular complexity index is 2710. The summed E-state index contributed by atoms with van der Waals surface area (Å²) in [4.78, 5) is 25.3. The number of hydrogen-bond acceptors (Lipinski definition) is 11. The van der Waals surface area contributed by atoms with Crippen molar-refractivity contribution < 1.29 is 66.0 Å². The molecule has 2 aromatic carbocycles. The van der Waals surface area contributed by atoms with Crippen LogP contribution in [-0.4, -0.2) is 117 Å². The molecular formula is C39H50BrN4O14S4+. The van der Waals surface area contributed by atoms with E-state index in [1.54, 1.807) is 73.6 Å². The van der Waals surface area contributed by atoms with Gasteiger partial charge in [-0.3, -0.25) is 27.8 Å². The number of anilines is 1. The molecule has 0 bridgehead atoms. The van der Waals surface area contributed by atoms with Crippen LogP contribution in [-0.2, 0) is 60.9 Å². The quantitative estimate of drug-likeness (QED) is 0.0361. The van der Waals surface area contributed by atoms with E-state index in [2.05, 4.69) is 26.6 Å². The average molecular weight is 1010 g/mol. The molecule has 0 saturated carbocycles. The van der Waals surface area contributed by atoms with E-state index in [0.717, 1.165) is 0 Å². The van der Waals surface area contributed by atoms with Crippen molar-refractivity contribution in [1.29, 1.82) is 0 Å². The Kier molecular flexibility index (Phi) is 16.1. The molecule has 23 heteroatoms. The fourth-order valence-corrected chi connectivity index (χ4v) is 9.25. The van der Waals surface area contributed by atoms with Gasteiger partial charge in [0.1, 0.15) is 5.75 Å². The molecule has 2 heterocycles. The fraction of sp³-hybridized carbons (Fsp3) is 0.410. The molecule has 18 nitrogen and oxygen atoms in total. The van der Waals surface area contributed by atoms with Gasteiger partial charge in [0.15, 0.2) is 12.3 Å². The lowest BCUT2D eigenvalue weighted by atomic mass is 9.81. The number of nitrogens with one attached hydrogen (secondary N) is 2. The second kappa shape index (κ2) is 19.8. The number of amides is 2. The highest BCUT2D eigenvalue weighted by Crippen LogP contribution is 2.48. The molecule has 0 aliphatic carbocycles. The topological polar surface area (TPSA) is 282 Å². The highest BCUT2D eigenvalue weighted by atomic mass is 79.9. The maximum atomic E-state index is 12.9. The molecule has 6 N–H and O–H groups in total. The number of rotatable bonds is 20. The highest BCUT2D eigenvalue weighted by Gasteiger charge is 2.45. The molecule has 0 aromatic heterocycles. The van der Waals surface area contributed by atoms with Crippen molar-refractivity contribution in [1.82, 2.24) is 10.6 Å². The monoisotopic (exact) mass is 1010 g/mol. The first-order chi connectivity index (χ1) is 28.6. The van der Waals surface area contributed by atoms with Gasteiger partial charge in [-0.15, -0.1) is 0 Å². The number of carbonyl (C=O) groups is 2. The summed E-state index contributed by atoms with van der Waals surface area (Å²) in [5.41, 5.74) is 1.55. The van der Waals surface area contributed by atoms with Crippen molar-refractivity contribution in [2.75, 3.05) is 47.9 Å². The Morgan fingerprint density at radius 1 is 0.758 bits per heavy atom. The highest BCUT2D eigenvalue weighted by molar-refractivity contribution is 9.09. The van der Waals surface area contributed by atoms with Crippen LogP contribution in [0.1, 0.15) is 58.1 Å². The molecule has 0 saturated heterocycles. The van der Waals surface area contributed by atoms with E-state index in [9.17, 15) is 61.5 Å². The zero-order valence-corrected chi connectivity index (χ0v) is 39.1. The summed E-state index contributed by atoms with van der Waals surface area (Å²) < 4.78 is 136. The van der Waals surface area contributed by atoms with Crippen LogP contribution in [0.15, 0.2) is 93.9 Å². The summed E-state index contributed by atoms with van der Waals surface area (Å²) in [5, 5.41) is 5.65. The SMILES string of the molecule is CC1(C)C(/C=C/C=C(/C=C/C=C2/N(CCS(=O)(=O)O)c3ccc(S(=O)(=O)O)cc3C2(C)C)CCC(=O)NCCCNC(=O)CBr)=[N+](CCS(=O)(=O)O)c2ccc(S(=O)(=O)O)cc21. The first-order valence-corrected chi connectivity index (χ1v) is 26.2. The molecule has 2 aromatic rings. The zero-order chi connectivity index (χ0) is 46.5. The molecule has 0 unspecified atom stereocenters. The molecule has 2 aliphatic heterocycles. The van der Waals surface area contributed by atoms with Crippen molar-refractivity contribution in [3.8, 4) is 0 Å². The Morgan fingerprint density at radius 2 is 1.34 bits per heavy atom. The maximum absolute atomic E-state index is 12.9. The van der Waals surface area contributed by atoms with Crippen LogP contribution in [0.2, 0.25) is 0 Å². The van der Waals surface area contributed by atoms with E-state index in [1.807, 2.05) is 0 Å². The molecule has 0 spiro atoms. The molecule has 340 valence electrons. The number of carbonyl (C=O) groups excluding carboxylic acids is 2. The van der Waals surface area contributed by atoms with E-state index in [1.165, 1.54) is 36.4 Å². The molecule has 0 atom stereocenters. The largest absolute Gasteiger partial charge is 0.356 e. The van der Waals surface area contributed by atoms with Gasteiger partial charge in [-0.1, -0.05) is 54.1 Å². The van der Waals surface area contributed by atoms with Gasteiger partial charge >= 0.3 is 0 Å². The Balaban J connectivity index is 1.75. The number of benzene rings is 2. The normalized spacial score (nSPS) is 17.3. The van der Waals surface area contributed by atoms with Gasteiger partial charge in [0.2, 0.25) is 17.5 Å². The summed E-state index contributed by atoms with van der Waals surface area (Å²) in [5.74, 6) is -1.79. The fourth-order valence-electron chi connectivity index (χ4n) is 7.21. The number of allylic oxidation sites excluding steroid dienone is 8. The lowest BCUT2D eigenvalue weighted by molar-refractivity contribution is -0.432. The van der Waals surface area contributed by atoms with Crippen molar-refractivity contribution in [2.24, 2.45) is 0 Å². The van der Waals surface area contributed by atoms with Crippen LogP contribution in [0.25, 0.3) is 0 Å². The number of halogens is 1. The third kappa shape index (κ3) is 13.2. The summed E-state index contributed by atoms with van der Waals surface area (Å²) in [6.45, 7) is 7.32. The number of nitrogens with zero attached hydrogens (tertiary/aromatic N) is 2. The van der Waals surface area contributed by atoms with E-state index in [-0.39, 0.29) is 52.9 Å². The van der Waals surface area contributed by atoms with E-state index < -0.39 is 62.8 Å². The molecular weight excluding hydrogens is 957 g/mol. The van der Waals surface area contributed by atoms with Gasteiger partial charge in [0.05, 0.1) is 26.3 Å². The Labute approximate surface area is 370 Å². The van der Waals surface area contributed by atoms with Crippen molar-refractivity contribution in [3.05, 3.63) is 95.3 Å². The van der Waals surface area contributed by atoms with E-state index in [0.29, 0.717) is 59.0 Å². The van der Waals surface area contributed by atoms with Crippen LogP contribution in [0.4, 0.5) is 11.4 Å². The van der Waals surface area contributed by atoms with E-state index in [4.69, 9.17) is 0 Å². The molecule has 2 aliphatic rings. The van der Waals surface area contributed by atoms with Crippen LogP contribution in [0, 0.1) is 0 Å². The first-order valence-electron chi connectivity index (χ1n) is 19.0. The van der Waals surface area contributed by atoms with Crippen LogP contribution < -0.4 is 15.5 Å². The third-order valence-corrected chi connectivity index (χ3v) is 14.0. The smallest absolute Gasteiger partial charge is 0.294 e. The average Bonchev–Trinajstić information content (AvgIpc) is 3.50. The van der Waals surface area contributed by atoms with E-state index >= 15 is 0 Å². The molecule has 4 rings (SSSR count). The third-order valence-electron chi connectivity index (χ3n) is 10.4. The predicted molar refractivity (Wildman–Crippen MR) is 237 cm³/mol. The minimum Gasteiger partial charge on any atom is -0.356 e. The summed E-state index contributed by atoms with van der Waals surface area (Å²) in [6.07, 6.45) is 10.7. The minimum absolute atomic E-state index is 0.0244. The molecule has 2 amide bonds. The van der Waals surface area contributed by atoms with Gasteiger partial charge < -0.3 is 15.5 Å². The second-order valence-electron chi connectivity index (χ2n) is 15.5. The second-order valence-corrected chi connectivity index (χ2v) is 22.1. The first kappa shape index (κ1) is 50.6. The lowest BCUT2D eigenvalue weighted by Gasteiger charge is -2.26. The number of alkyl halides is 1. The van der Waals surface area contributed by atoms with Gasteiger partial charge in [0, 0.05) is 60.6 Å². The standard InChI is InChI=1S/C39H49BrN4O14S4/c1-38(2)30-24-28(61(53,54)55)13-15-32(30)43(20-22-59(47,48)49)34(38)10-5-8-27(12-17-36(45)41-18-7-19-42-37(46)26-40)9-6-11-35-39(3,4)31-25-29(62(56,57)58)14-16-33(31)44(35)21-23-60(50,51)52/h5-6,8-11,13-16,24-25H,7,12,17-23,26H2,1-4H3,(H5-,41,42,45,46,47,48,49,50,51,52,53,54,55,56,57,58)/p+1. The van der Waals surface area contributed by atoms with Gasteiger partial charge in [-0.05, 0) is 74.2 Å². The summed E-state index contributed by atoms with van der Waals surface area (Å²) in [7, 11) is -18.0. The Hall–Kier alpha value is -4.07. The van der Waals surface area contributed by atoms with Gasteiger partial charge in [0.25, 0.3) is 40.5 Å². The Morgan fingerprint density at radius 3 is 1.92 bits per heavy atom. The number of hydrogen-bond donors (Lipinski definition) is 6. The minimum atomic E-state index is -4.59. The number of fused-ring (bicyclic) bond motifs is 2. The predicted octanol–water partition coefficient (Wildman–Crippen LogP) is 3.85. The molecule has 0 radical (unpaired) electrons. The maximum Gasteiger partial charge on any atom is 0.294 e. The van der Waals surface area contributed by atoms with Gasteiger partial charge in [-0.25, -0.2) is 0 Å². The zero-order valence-electron chi connectivity index (χ0n) is 34.3.